The van der Waals surface area contributed by atoms with E-state index in [2.05, 4.69) is 15.5 Å². The highest BCUT2D eigenvalue weighted by Crippen LogP contribution is 2.17. The normalized spacial score (nSPS) is 10.7. The number of nitrogens with one attached hydrogen (secondary N) is 1. The molecule has 2 aromatic rings. The predicted molar refractivity (Wildman–Crippen MR) is 86.8 cm³/mol. The van der Waals surface area contributed by atoms with Gasteiger partial charge in [-0.15, -0.1) is 11.3 Å². The summed E-state index contributed by atoms with van der Waals surface area (Å²) in [5.41, 5.74) is 3.62. The molecule has 9 heteroatoms. The average molecular weight is 334 g/mol. The zero-order chi connectivity index (χ0) is 16.7. The number of hydrogen-bond donors (Lipinski definition) is 1. The number of aromatic nitrogens is 1. The van der Waals surface area contributed by atoms with E-state index in [9.17, 15) is 14.9 Å². The van der Waals surface area contributed by atoms with Crippen LogP contribution in [0.15, 0.2) is 34.7 Å². The fourth-order valence-corrected chi connectivity index (χ4v) is 2.38. The molecule has 0 aliphatic rings. The SMILES string of the molecule is CCOC(=O)Cc1csc(N/N=C\c2ccccc2[N+](=O)[O-])n1. The Bertz CT molecular complexity index is 729. The Morgan fingerprint density at radius 1 is 1.52 bits per heavy atom. The van der Waals surface area contributed by atoms with Crippen LogP contribution in [0.25, 0.3) is 0 Å². The molecule has 2 rings (SSSR count). The van der Waals surface area contributed by atoms with Crippen LogP contribution in [0.5, 0.6) is 0 Å². The van der Waals surface area contributed by atoms with Gasteiger partial charge in [0.15, 0.2) is 0 Å². The van der Waals surface area contributed by atoms with Crippen LogP contribution in [-0.4, -0.2) is 28.7 Å². The van der Waals surface area contributed by atoms with Crippen LogP contribution < -0.4 is 5.43 Å². The largest absolute Gasteiger partial charge is 0.466 e. The first-order chi connectivity index (χ1) is 11.1. The highest BCUT2D eigenvalue weighted by atomic mass is 32.1. The number of para-hydroxylation sites is 1. The predicted octanol–water partition coefficient (Wildman–Crippen LogP) is 2.60. The number of rotatable bonds is 7. The van der Waals surface area contributed by atoms with E-state index in [1.807, 2.05) is 0 Å². The molecule has 0 aliphatic carbocycles. The molecule has 0 amide bonds. The number of esters is 1. The number of carbonyl (C=O) groups excluding carboxylic acids is 1. The van der Waals surface area contributed by atoms with Crippen molar-refractivity contribution in [2.45, 2.75) is 13.3 Å². The van der Waals surface area contributed by atoms with Gasteiger partial charge in [-0.25, -0.2) is 4.98 Å². The number of carbonyl (C=O) groups is 1. The second kappa shape index (κ2) is 7.99. The summed E-state index contributed by atoms with van der Waals surface area (Å²) in [5, 5.41) is 17.0. The molecule has 1 N–H and O–H groups in total. The molecular weight excluding hydrogens is 320 g/mol. The van der Waals surface area contributed by atoms with Gasteiger partial charge in [0.1, 0.15) is 0 Å². The molecule has 0 saturated carbocycles. The van der Waals surface area contributed by atoms with Crippen LogP contribution in [0.3, 0.4) is 0 Å². The van der Waals surface area contributed by atoms with Gasteiger partial charge in [-0.05, 0) is 13.0 Å². The van der Waals surface area contributed by atoms with Gasteiger partial charge in [-0.2, -0.15) is 5.10 Å². The number of hydrogen-bond acceptors (Lipinski definition) is 8. The van der Waals surface area contributed by atoms with Gasteiger partial charge in [0.05, 0.1) is 35.4 Å². The van der Waals surface area contributed by atoms with Crippen LogP contribution in [0.2, 0.25) is 0 Å². The Morgan fingerprint density at radius 2 is 2.30 bits per heavy atom. The number of nitro benzene ring substituents is 1. The average Bonchev–Trinajstić information content (AvgIpc) is 2.95. The third-order valence-corrected chi connectivity index (χ3v) is 3.48. The molecule has 0 saturated heterocycles. The number of nitrogens with zero attached hydrogens (tertiary/aromatic N) is 3. The van der Waals surface area contributed by atoms with Crippen molar-refractivity contribution in [2.24, 2.45) is 5.10 Å². The van der Waals surface area contributed by atoms with E-state index >= 15 is 0 Å². The van der Waals surface area contributed by atoms with Gasteiger partial charge < -0.3 is 4.74 Å². The Kier molecular flexibility index (Phi) is 5.75. The fraction of sp³-hybridized carbons (Fsp3) is 0.214. The molecular formula is C14H14N4O4S. The smallest absolute Gasteiger partial charge is 0.311 e. The Balaban J connectivity index is 1.98. The highest BCUT2D eigenvalue weighted by Gasteiger charge is 2.10. The second-order valence-corrected chi connectivity index (χ2v) is 5.17. The molecule has 0 bridgehead atoms. The maximum atomic E-state index is 11.4. The summed E-state index contributed by atoms with van der Waals surface area (Å²) in [6, 6.07) is 6.28. The van der Waals surface area contributed by atoms with Gasteiger partial charge in [0, 0.05) is 11.4 Å². The molecule has 120 valence electrons. The number of ether oxygens (including phenoxy) is 1. The first-order valence-electron chi connectivity index (χ1n) is 6.72. The van der Waals surface area contributed by atoms with Crippen molar-refractivity contribution in [1.82, 2.24) is 4.98 Å². The minimum absolute atomic E-state index is 0.0276. The molecule has 8 nitrogen and oxygen atoms in total. The van der Waals surface area contributed by atoms with Crippen LogP contribution in [0, 0.1) is 10.1 Å². The molecule has 0 radical (unpaired) electrons. The summed E-state index contributed by atoms with van der Waals surface area (Å²) < 4.78 is 4.84. The van der Waals surface area contributed by atoms with E-state index < -0.39 is 4.92 Å². The summed E-state index contributed by atoms with van der Waals surface area (Å²) in [5.74, 6) is -0.340. The molecule has 0 fully saturated rings. The standard InChI is InChI=1S/C14H14N4O4S/c1-2-22-13(19)7-11-9-23-14(16-11)17-15-8-10-5-3-4-6-12(10)18(20)21/h3-6,8-9H,2,7H2,1H3,(H,16,17)/b15-8-. The van der Waals surface area contributed by atoms with Crippen molar-refractivity contribution in [3.05, 3.63) is 51.0 Å². The van der Waals surface area contributed by atoms with E-state index in [0.29, 0.717) is 23.0 Å². The first-order valence-corrected chi connectivity index (χ1v) is 7.60. The van der Waals surface area contributed by atoms with Crippen LogP contribution >= 0.6 is 11.3 Å². The third kappa shape index (κ3) is 4.85. The highest BCUT2D eigenvalue weighted by molar-refractivity contribution is 7.13. The summed E-state index contributed by atoms with van der Waals surface area (Å²) in [7, 11) is 0. The summed E-state index contributed by atoms with van der Waals surface area (Å²) in [4.78, 5) is 25.9. The van der Waals surface area contributed by atoms with E-state index in [4.69, 9.17) is 4.74 Å². The van der Waals surface area contributed by atoms with Gasteiger partial charge in [-0.3, -0.25) is 20.3 Å². The summed E-state index contributed by atoms with van der Waals surface area (Å²) in [6.07, 6.45) is 1.45. The van der Waals surface area contributed by atoms with Gasteiger partial charge in [0.25, 0.3) is 5.69 Å². The number of nitro groups is 1. The quantitative estimate of drug-likeness (QED) is 0.361. The molecule has 0 aliphatic heterocycles. The first kappa shape index (κ1) is 16.6. The molecule has 0 spiro atoms. The maximum Gasteiger partial charge on any atom is 0.311 e. The Morgan fingerprint density at radius 3 is 3.04 bits per heavy atom. The number of hydrazone groups is 1. The van der Waals surface area contributed by atoms with E-state index in [1.54, 1.807) is 30.5 Å². The third-order valence-electron chi connectivity index (χ3n) is 2.68. The van der Waals surface area contributed by atoms with Crippen LogP contribution in [0.1, 0.15) is 18.2 Å². The van der Waals surface area contributed by atoms with Crippen molar-refractivity contribution in [3.63, 3.8) is 0 Å². The molecule has 0 atom stereocenters. The lowest BCUT2D eigenvalue weighted by molar-refractivity contribution is -0.385. The lowest BCUT2D eigenvalue weighted by Crippen LogP contribution is -2.07. The Hall–Kier alpha value is -2.81. The van der Waals surface area contributed by atoms with Crippen molar-refractivity contribution < 1.29 is 14.5 Å². The van der Waals surface area contributed by atoms with Crippen molar-refractivity contribution in [3.8, 4) is 0 Å². The zero-order valence-electron chi connectivity index (χ0n) is 12.3. The van der Waals surface area contributed by atoms with Crippen molar-refractivity contribution in [1.29, 1.82) is 0 Å². The van der Waals surface area contributed by atoms with Crippen molar-refractivity contribution in [2.75, 3.05) is 12.0 Å². The minimum Gasteiger partial charge on any atom is -0.466 e. The van der Waals surface area contributed by atoms with Gasteiger partial charge in [-0.1, -0.05) is 12.1 Å². The van der Waals surface area contributed by atoms with Crippen LogP contribution in [-0.2, 0) is 16.0 Å². The summed E-state index contributed by atoms with van der Waals surface area (Å²) in [6.45, 7) is 2.07. The maximum absolute atomic E-state index is 11.4. The molecule has 1 aromatic heterocycles. The van der Waals surface area contributed by atoms with E-state index in [0.717, 1.165) is 0 Å². The molecule has 1 aromatic carbocycles. The molecule has 23 heavy (non-hydrogen) atoms. The zero-order valence-corrected chi connectivity index (χ0v) is 13.1. The lowest BCUT2D eigenvalue weighted by atomic mass is 10.2. The topological polar surface area (TPSA) is 107 Å². The minimum atomic E-state index is -0.470. The van der Waals surface area contributed by atoms with Gasteiger partial charge >= 0.3 is 5.97 Å². The van der Waals surface area contributed by atoms with Gasteiger partial charge in [0.2, 0.25) is 5.13 Å². The van der Waals surface area contributed by atoms with Crippen LogP contribution in [0.4, 0.5) is 10.8 Å². The fourth-order valence-electron chi connectivity index (χ4n) is 1.72. The van der Waals surface area contributed by atoms with Crippen molar-refractivity contribution >= 4 is 34.3 Å². The number of thiazole rings is 1. The monoisotopic (exact) mass is 334 g/mol. The van der Waals surface area contributed by atoms with E-state index in [-0.39, 0.29) is 18.1 Å². The summed E-state index contributed by atoms with van der Waals surface area (Å²) >= 11 is 1.28. The molecule has 1 heterocycles. The Labute approximate surface area is 136 Å². The number of anilines is 1. The second-order valence-electron chi connectivity index (χ2n) is 4.31. The lowest BCUT2D eigenvalue weighted by Gasteiger charge is -1.98. The van der Waals surface area contributed by atoms with E-state index in [1.165, 1.54) is 23.6 Å². The number of benzene rings is 1. The molecule has 0 unspecified atom stereocenters.